The van der Waals surface area contributed by atoms with Crippen LogP contribution in [0.5, 0.6) is 0 Å². The summed E-state index contributed by atoms with van der Waals surface area (Å²) in [5.41, 5.74) is 3.56. The van der Waals surface area contributed by atoms with Crippen LogP contribution in [0.4, 0.5) is 4.39 Å². The third-order valence-corrected chi connectivity index (χ3v) is 7.20. The van der Waals surface area contributed by atoms with E-state index in [2.05, 4.69) is 12.3 Å². The topological polar surface area (TPSA) is 38.0 Å². The number of halogens is 2. The number of hydrogen-bond donors (Lipinski definition) is 2. The molecule has 112 valence electrons. The predicted molar refractivity (Wildman–Crippen MR) is 89.0 cm³/mol. The van der Waals surface area contributed by atoms with Crippen molar-refractivity contribution in [2.45, 2.75) is 36.3 Å². The molecule has 0 amide bonds. The van der Waals surface area contributed by atoms with Gasteiger partial charge in [-0.2, -0.15) is 23.5 Å². The van der Waals surface area contributed by atoms with Gasteiger partial charge in [-0.1, -0.05) is 24.6 Å². The molecule has 1 fully saturated rings. The van der Waals surface area contributed by atoms with Gasteiger partial charge in [0, 0.05) is 33.1 Å². The lowest BCUT2D eigenvalue weighted by atomic mass is 10.0. The lowest BCUT2D eigenvalue weighted by Crippen LogP contribution is -2.49. The van der Waals surface area contributed by atoms with Gasteiger partial charge in [-0.3, -0.25) is 11.3 Å². The van der Waals surface area contributed by atoms with Crippen molar-refractivity contribution in [3.63, 3.8) is 0 Å². The van der Waals surface area contributed by atoms with Crippen LogP contribution in [0.1, 0.15) is 18.9 Å². The normalized spacial score (nSPS) is 24.6. The molecule has 0 radical (unpaired) electrons. The zero-order valence-corrected chi connectivity index (χ0v) is 13.8. The lowest BCUT2D eigenvalue weighted by molar-refractivity contribution is 0.479. The first-order valence-electron chi connectivity index (χ1n) is 6.79. The molecule has 1 aromatic rings. The zero-order chi connectivity index (χ0) is 14.5. The van der Waals surface area contributed by atoms with E-state index in [1.165, 1.54) is 11.8 Å². The smallest absolute Gasteiger partial charge is 0.127 e. The average Bonchev–Trinajstić information content (AvgIpc) is 2.46. The van der Waals surface area contributed by atoms with Crippen molar-refractivity contribution in [2.75, 3.05) is 11.5 Å². The Balaban J connectivity index is 2.11. The molecule has 20 heavy (non-hydrogen) atoms. The van der Waals surface area contributed by atoms with Gasteiger partial charge in [0.15, 0.2) is 0 Å². The number of benzene rings is 1. The summed E-state index contributed by atoms with van der Waals surface area (Å²) in [6, 6.07) is 4.93. The van der Waals surface area contributed by atoms with Crippen molar-refractivity contribution in [1.82, 2.24) is 5.43 Å². The van der Waals surface area contributed by atoms with Gasteiger partial charge in [0.05, 0.1) is 0 Å². The van der Waals surface area contributed by atoms with E-state index < -0.39 is 0 Å². The first-order valence-corrected chi connectivity index (χ1v) is 9.26. The van der Waals surface area contributed by atoms with E-state index in [0.29, 0.717) is 27.5 Å². The Labute approximate surface area is 133 Å². The molecule has 1 heterocycles. The van der Waals surface area contributed by atoms with E-state index in [0.717, 1.165) is 12.2 Å². The first-order chi connectivity index (χ1) is 9.65. The summed E-state index contributed by atoms with van der Waals surface area (Å²) in [6.07, 6.45) is 1.71. The molecule has 0 aliphatic carbocycles. The van der Waals surface area contributed by atoms with Gasteiger partial charge >= 0.3 is 0 Å². The van der Waals surface area contributed by atoms with Gasteiger partial charge in [-0.05, 0) is 30.5 Å². The molecule has 1 aliphatic heterocycles. The molecular formula is C14H20ClFN2S2. The Morgan fingerprint density at radius 3 is 2.85 bits per heavy atom. The van der Waals surface area contributed by atoms with Gasteiger partial charge in [0.25, 0.3) is 0 Å². The number of rotatable bonds is 5. The van der Waals surface area contributed by atoms with Crippen molar-refractivity contribution in [1.29, 1.82) is 0 Å². The minimum absolute atomic E-state index is 0.0772. The molecule has 0 spiro atoms. The number of nitrogens with one attached hydrogen (secondary N) is 1. The van der Waals surface area contributed by atoms with Crippen LogP contribution in [0.15, 0.2) is 18.2 Å². The third kappa shape index (κ3) is 4.04. The van der Waals surface area contributed by atoms with Crippen molar-refractivity contribution in [3.8, 4) is 0 Å². The van der Waals surface area contributed by atoms with E-state index in [1.54, 1.807) is 12.1 Å². The molecule has 0 aromatic heterocycles. The molecule has 1 saturated heterocycles. The molecule has 6 heteroatoms. The van der Waals surface area contributed by atoms with Crippen molar-refractivity contribution in [2.24, 2.45) is 5.84 Å². The van der Waals surface area contributed by atoms with Crippen LogP contribution < -0.4 is 11.3 Å². The highest BCUT2D eigenvalue weighted by Crippen LogP contribution is 2.36. The van der Waals surface area contributed by atoms with Gasteiger partial charge < -0.3 is 0 Å². The van der Waals surface area contributed by atoms with Crippen LogP contribution in [-0.4, -0.2) is 28.0 Å². The SMILES string of the molecule is CCC1SCCSC1C(Cc1ccc(Cl)cc1F)NN. The summed E-state index contributed by atoms with van der Waals surface area (Å²) in [4.78, 5) is 0. The van der Waals surface area contributed by atoms with E-state index in [9.17, 15) is 4.39 Å². The van der Waals surface area contributed by atoms with Crippen molar-refractivity contribution in [3.05, 3.63) is 34.6 Å². The average molecular weight is 335 g/mol. The molecular weight excluding hydrogens is 315 g/mol. The predicted octanol–water partition coefficient (Wildman–Crippen LogP) is 3.48. The minimum atomic E-state index is -0.251. The summed E-state index contributed by atoms with van der Waals surface area (Å²) in [5.74, 6) is 7.80. The monoisotopic (exact) mass is 334 g/mol. The maximum absolute atomic E-state index is 13.9. The second-order valence-corrected chi connectivity index (χ2v) is 7.94. The van der Waals surface area contributed by atoms with Crippen molar-refractivity contribution < 1.29 is 4.39 Å². The van der Waals surface area contributed by atoms with Crippen LogP contribution in [0.3, 0.4) is 0 Å². The Morgan fingerprint density at radius 1 is 1.45 bits per heavy atom. The number of hydrazine groups is 1. The fourth-order valence-corrected chi connectivity index (χ4v) is 5.91. The van der Waals surface area contributed by atoms with Crippen LogP contribution in [0.25, 0.3) is 0 Å². The molecule has 3 atom stereocenters. The maximum atomic E-state index is 13.9. The van der Waals surface area contributed by atoms with E-state index >= 15 is 0 Å². The molecule has 2 rings (SSSR count). The van der Waals surface area contributed by atoms with Gasteiger partial charge in [0.2, 0.25) is 0 Å². The summed E-state index contributed by atoms with van der Waals surface area (Å²) in [7, 11) is 0. The zero-order valence-electron chi connectivity index (χ0n) is 11.4. The van der Waals surface area contributed by atoms with Crippen molar-refractivity contribution >= 4 is 35.1 Å². The number of thioether (sulfide) groups is 2. The Morgan fingerprint density at radius 2 is 2.20 bits per heavy atom. The van der Waals surface area contributed by atoms with Gasteiger partial charge in [-0.25, -0.2) is 4.39 Å². The first kappa shape index (κ1) is 16.4. The lowest BCUT2D eigenvalue weighted by Gasteiger charge is -2.35. The number of hydrogen-bond acceptors (Lipinski definition) is 4. The van der Waals surface area contributed by atoms with Crippen LogP contribution in [0.2, 0.25) is 5.02 Å². The van der Waals surface area contributed by atoms with E-state index in [1.807, 2.05) is 23.5 Å². The van der Waals surface area contributed by atoms with Crippen LogP contribution >= 0.6 is 35.1 Å². The maximum Gasteiger partial charge on any atom is 0.127 e. The van der Waals surface area contributed by atoms with E-state index in [4.69, 9.17) is 17.4 Å². The fourth-order valence-electron chi connectivity index (χ4n) is 2.51. The summed E-state index contributed by atoms with van der Waals surface area (Å²) in [5, 5.41) is 1.42. The second kappa shape index (κ2) is 7.90. The fraction of sp³-hybridized carbons (Fsp3) is 0.571. The highest BCUT2D eigenvalue weighted by Gasteiger charge is 2.32. The Kier molecular flexibility index (Phi) is 6.49. The van der Waals surface area contributed by atoms with E-state index in [-0.39, 0.29) is 11.9 Å². The Bertz CT molecular complexity index is 447. The largest absolute Gasteiger partial charge is 0.271 e. The quantitative estimate of drug-likeness (QED) is 0.638. The summed E-state index contributed by atoms with van der Waals surface area (Å²) < 4.78 is 13.9. The molecule has 1 aromatic carbocycles. The minimum Gasteiger partial charge on any atom is -0.271 e. The molecule has 3 unspecified atom stereocenters. The van der Waals surface area contributed by atoms with Crippen LogP contribution in [-0.2, 0) is 6.42 Å². The second-order valence-electron chi connectivity index (χ2n) is 4.87. The Hall–Kier alpha value is 0.0600. The highest BCUT2D eigenvalue weighted by atomic mass is 35.5. The molecule has 1 aliphatic rings. The van der Waals surface area contributed by atoms with Gasteiger partial charge in [0.1, 0.15) is 5.82 Å². The molecule has 0 bridgehead atoms. The number of nitrogens with two attached hydrogens (primary N) is 1. The highest BCUT2D eigenvalue weighted by molar-refractivity contribution is 8.07. The molecule has 2 nitrogen and oxygen atoms in total. The third-order valence-electron chi connectivity index (χ3n) is 3.56. The summed E-state index contributed by atoms with van der Waals surface area (Å²) >= 11 is 9.74. The van der Waals surface area contributed by atoms with Crippen LogP contribution in [0, 0.1) is 5.82 Å². The van der Waals surface area contributed by atoms with Gasteiger partial charge in [-0.15, -0.1) is 0 Å². The molecule has 0 saturated carbocycles. The summed E-state index contributed by atoms with van der Waals surface area (Å²) in [6.45, 7) is 2.20. The molecule has 3 N–H and O–H groups in total. The standard InChI is InChI=1S/C14H20ClFN2S2/c1-2-13-14(20-6-5-19-13)12(18-17)7-9-3-4-10(15)8-11(9)16/h3-4,8,12-14,18H,2,5-7,17H2,1H3.